The van der Waals surface area contributed by atoms with Crippen LogP contribution in [-0.4, -0.2) is 38.0 Å². The predicted octanol–water partition coefficient (Wildman–Crippen LogP) is 3.26. The summed E-state index contributed by atoms with van der Waals surface area (Å²) in [5, 5.41) is 8.00. The average Bonchev–Trinajstić information content (AvgIpc) is 3.11. The minimum Gasteiger partial charge on any atom is -0.431 e. The maximum atomic E-state index is 12.6. The molecule has 1 atom stereocenters. The number of tetrazole rings is 1. The van der Waals surface area contributed by atoms with Gasteiger partial charge in [0.05, 0.1) is 0 Å². The maximum absolute atomic E-state index is 12.6. The van der Waals surface area contributed by atoms with Gasteiger partial charge in [0.25, 0.3) is 5.62 Å². The van der Waals surface area contributed by atoms with Crippen molar-refractivity contribution in [2.24, 2.45) is 4.99 Å². The van der Waals surface area contributed by atoms with E-state index in [1.165, 1.54) is 11.2 Å². The monoisotopic (exact) mass is 503 g/mol. The summed E-state index contributed by atoms with van der Waals surface area (Å²) in [6.45, 7) is 7.68. The van der Waals surface area contributed by atoms with Crippen LogP contribution in [0.25, 0.3) is 0 Å². The van der Waals surface area contributed by atoms with Crippen LogP contribution in [0.4, 0.5) is 4.79 Å². The van der Waals surface area contributed by atoms with Crippen molar-refractivity contribution in [2.45, 2.75) is 78.7 Å². The molecule has 0 aliphatic heterocycles. The van der Waals surface area contributed by atoms with E-state index in [1.54, 1.807) is 17.7 Å². The van der Waals surface area contributed by atoms with Gasteiger partial charge in [-0.05, 0) is 44.7 Å². The van der Waals surface area contributed by atoms with Gasteiger partial charge in [-0.3, -0.25) is 4.79 Å². The molecule has 0 N–H and O–H groups in total. The number of carbonyl (C=O) groups excluding carboxylic acids is 2. The van der Waals surface area contributed by atoms with Crippen molar-refractivity contribution in [2.75, 3.05) is 0 Å². The summed E-state index contributed by atoms with van der Waals surface area (Å²) in [6.07, 6.45) is 3.44. The van der Waals surface area contributed by atoms with E-state index >= 15 is 0 Å². The van der Waals surface area contributed by atoms with E-state index in [0.717, 1.165) is 36.8 Å². The van der Waals surface area contributed by atoms with Crippen molar-refractivity contribution in [3.8, 4) is 0 Å². The molecule has 10 heteroatoms. The zero-order valence-corrected chi connectivity index (χ0v) is 21.3. The first-order valence-electron chi connectivity index (χ1n) is 10.4. The van der Waals surface area contributed by atoms with Gasteiger partial charge in [0.2, 0.25) is 12.1 Å². The normalized spacial score (nSPS) is 15.8. The zero-order chi connectivity index (χ0) is 21.7. The number of amides is 1. The average molecular weight is 503 g/mol. The molecule has 1 fully saturated rings. The molecule has 0 spiro atoms. The Morgan fingerprint density at radius 1 is 1.26 bits per heavy atom. The molecule has 0 bridgehead atoms. The predicted molar refractivity (Wildman–Crippen MR) is 107 cm³/mol. The Morgan fingerprint density at radius 3 is 2.61 bits per heavy atom. The Balaban J connectivity index is 0.00000341. The third kappa shape index (κ3) is 6.56. The third-order valence-electron chi connectivity index (χ3n) is 5.13. The number of nitrogens with zero attached hydrogens (tertiary/aromatic N) is 5. The van der Waals surface area contributed by atoms with Crippen LogP contribution in [0.2, 0.25) is 0 Å². The van der Waals surface area contributed by atoms with Crippen molar-refractivity contribution in [1.82, 2.24) is 19.8 Å². The van der Waals surface area contributed by atoms with E-state index in [0.29, 0.717) is 12.1 Å². The third-order valence-corrected chi connectivity index (χ3v) is 5.13. The minimum absolute atomic E-state index is 0. The topological polar surface area (TPSA) is 101 Å². The number of hydrogen-bond acceptors (Lipinski definition) is 6. The van der Waals surface area contributed by atoms with Crippen molar-refractivity contribution < 1.29 is 51.8 Å². The van der Waals surface area contributed by atoms with Gasteiger partial charge in [-0.25, -0.2) is 9.48 Å². The van der Waals surface area contributed by atoms with Gasteiger partial charge in [0.15, 0.2) is 0 Å². The number of ether oxygens (including phenoxy) is 2. The molecule has 9 nitrogen and oxygen atoms in total. The molecule has 165 valence electrons. The number of hydrogen-bond donors (Lipinski definition) is 0. The van der Waals surface area contributed by atoms with Gasteiger partial charge in [0.1, 0.15) is 6.10 Å². The van der Waals surface area contributed by atoms with E-state index in [9.17, 15) is 9.59 Å². The second-order valence-electron chi connectivity index (χ2n) is 7.47. The first-order chi connectivity index (χ1) is 14.4. The van der Waals surface area contributed by atoms with Crippen molar-refractivity contribution in [1.29, 1.82) is 0 Å². The van der Waals surface area contributed by atoms with Crippen molar-refractivity contribution in [3.63, 3.8) is 0 Å². The van der Waals surface area contributed by atoms with Crippen molar-refractivity contribution in [3.05, 3.63) is 40.5 Å². The largest absolute Gasteiger partial charge is 0.510 e. The van der Waals surface area contributed by atoms with Gasteiger partial charge in [-0.2, -0.15) is 34.3 Å². The Morgan fingerprint density at radius 2 is 1.97 bits per heavy atom. The summed E-state index contributed by atoms with van der Waals surface area (Å²) in [5.41, 5.74) is 2.27. The molecule has 1 aliphatic rings. The summed E-state index contributed by atoms with van der Waals surface area (Å²) >= 11 is 0. The summed E-state index contributed by atoms with van der Waals surface area (Å²) in [4.78, 5) is 30.2. The fourth-order valence-corrected chi connectivity index (χ4v) is 3.57. The summed E-state index contributed by atoms with van der Waals surface area (Å²) in [7, 11) is 0. The molecule has 31 heavy (non-hydrogen) atoms. The second-order valence-corrected chi connectivity index (χ2v) is 7.47. The molecular formula is C21H28N5O4Y-. The smallest absolute Gasteiger partial charge is 0.431 e. The van der Waals surface area contributed by atoms with Gasteiger partial charge in [-0.1, -0.05) is 30.9 Å². The summed E-state index contributed by atoms with van der Waals surface area (Å²) < 4.78 is 12.3. The van der Waals surface area contributed by atoms with Gasteiger partial charge in [-0.15, -0.1) is 4.80 Å². The standard InChI is InChI=1S/C21H28N5O4.Y/c1-5-25-20(22-19(27)18-12-11-14(2)13-15(18)3)23-24-26(25)16(4)29-21(28)30-17-9-7-6-8-10-17;/h11-12,16-17H,5-10H2,1-4H3;/q-1;. The Bertz CT molecular complexity index is 978. The molecule has 1 aliphatic carbocycles. The molecule has 1 aromatic carbocycles. The van der Waals surface area contributed by atoms with Gasteiger partial charge >= 0.3 is 6.16 Å². The number of aromatic nitrogens is 4. The number of benzene rings is 1. The Hall–Kier alpha value is -1.87. The van der Waals surface area contributed by atoms with E-state index in [4.69, 9.17) is 9.47 Å². The fraction of sp³-hybridized carbons (Fsp3) is 0.571. The van der Waals surface area contributed by atoms with E-state index in [2.05, 4.69) is 21.4 Å². The van der Waals surface area contributed by atoms with Crippen LogP contribution in [0.1, 0.15) is 73.7 Å². The first-order valence-corrected chi connectivity index (χ1v) is 10.4. The molecule has 1 aromatic heterocycles. The molecule has 3 rings (SSSR count). The molecule has 1 saturated carbocycles. The van der Waals surface area contributed by atoms with Crippen LogP contribution in [0.15, 0.2) is 17.1 Å². The van der Waals surface area contributed by atoms with Crippen LogP contribution in [0.3, 0.4) is 0 Å². The van der Waals surface area contributed by atoms with Crippen LogP contribution in [-0.2, 0) is 48.7 Å². The van der Waals surface area contributed by atoms with Crippen LogP contribution < -0.4 is 5.62 Å². The fourth-order valence-electron chi connectivity index (χ4n) is 3.57. The summed E-state index contributed by atoms with van der Waals surface area (Å²) in [5.74, 6) is -0.428. The number of aryl methyl sites for hydroxylation is 2. The molecular weight excluding hydrogens is 475 g/mol. The number of carbonyl (C=O) groups is 2. The van der Waals surface area contributed by atoms with E-state index < -0.39 is 18.3 Å². The molecule has 1 radical (unpaired) electrons. The molecule has 1 unspecified atom stereocenters. The second kappa shape index (κ2) is 11.7. The number of rotatable bonds is 5. The van der Waals surface area contributed by atoms with Crippen molar-refractivity contribution >= 4 is 12.1 Å². The van der Waals surface area contributed by atoms with Crippen LogP contribution in [0, 0.1) is 19.9 Å². The summed E-state index contributed by atoms with van der Waals surface area (Å²) in [6, 6.07) is 6.65. The van der Waals surface area contributed by atoms with Crippen LogP contribution >= 0.6 is 0 Å². The van der Waals surface area contributed by atoms with E-state index in [-0.39, 0.29) is 44.4 Å². The molecule has 2 aromatic rings. The SMILES string of the molecule is CCn1c(=NC(=O)c2ccc(C)[c-]c2C)nnn1C(C)OC(=O)OC1CCCCC1.[Y]. The Labute approximate surface area is 207 Å². The van der Waals surface area contributed by atoms with Crippen LogP contribution in [0.5, 0.6) is 0 Å². The molecule has 1 amide bonds. The first kappa shape index (κ1) is 25.4. The maximum Gasteiger partial charge on any atom is 0.510 e. The van der Waals surface area contributed by atoms with E-state index in [1.807, 2.05) is 26.8 Å². The quantitative estimate of drug-likeness (QED) is 0.459. The Kier molecular flexibility index (Phi) is 9.56. The minimum atomic E-state index is -0.762. The molecule has 0 saturated heterocycles. The molecule has 1 heterocycles. The van der Waals surface area contributed by atoms with Gasteiger partial charge < -0.3 is 9.47 Å². The van der Waals surface area contributed by atoms with Gasteiger partial charge in [0, 0.05) is 39.3 Å². The zero-order valence-electron chi connectivity index (χ0n) is 18.5.